The van der Waals surface area contributed by atoms with Crippen molar-refractivity contribution in [3.63, 3.8) is 0 Å². The van der Waals surface area contributed by atoms with E-state index in [9.17, 15) is 9.59 Å². The average Bonchev–Trinajstić information content (AvgIpc) is 3.03. The molecule has 0 aliphatic rings. The highest BCUT2D eigenvalue weighted by molar-refractivity contribution is 8.00. The first-order valence-electron chi connectivity index (χ1n) is 8.90. The Hall–Kier alpha value is -2.35. The van der Waals surface area contributed by atoms with Crippen LogP contribution in [0.25, 0.3) is 11.4 Å². The van der Waals surface area contributed by atoms with E-state index in [1.165, 1.54) is 24.4 Å². The minimum absolute atomic E-state index is 0.0888. The molecule has 0 radical (unpaired) electrons. The molecule has 2 N–H and O–H groups in total. The average molecular weight is 390 g/mol. The number of aromatic nitrogens is 3. The summed E-state index contributed by atoms with van der Waals surface area (Å²) in [7, 11) is 1.46. The lowest BCUT2D eigenvalue weighted by atomic mass is 9.87. The van der Waals surface area contributed by atoms with Gasteiger partial charge in [0, 0.05) is 19.2 Å². The molecular weight excluding hydrogens is 362 g/mol. The third kappa shape index (κ3) is 5.09. The quantitative estimate of drug-likeness (QED) is 0.767. The minimum atomic E-state index is -0.524. The monoisotopic (exact) mass is 389 g/mol. The largest absolute Gasteiger partial charge is 0.341 e. The van der Waals surface area contributed by atoms with E-state index in [-0.39, 0.29) is 11.3 Å². The van der Waals surface area contributed by atoms with Gasteiger partial charge in [-0.3, -0.25) is 10.1 Å². The van der Waals surface area contributed by atoms with Crippen molar-refractivity contribution < 1.29 is 9.59 Å². The van der Waals surface area contributed by atoms with Gasteiger partial charge < -0.3 is 9.88 Å². The zero-order valence-corrected chi connectivity index (χ0v) is 17.5. The summed E-state index contributed by atoms with van der Waals surface area (Å²) in [5.74, 6) is 0.389. The fraction of sp³-hybridized carbons (Fsp3) is 0.474. The van der Waals surface area contributed by atoms with Gasteiger partial charge in [-0.05, 0) is 24.8 Å². The van der Waals surface area contributed by atoms with Gasteiger partial charge in [0.05, 0.1) is 5.25 Å². The van der Waals surface area contributed by atoms with Crippen molar-refractivity contribution in [1.29, 1.82) is 0 Å². The third-order valence-corrected chi connectivity index (χ3v) is 5.24. The fourth-order valence-electron chi connectivity index (χ4n) is 2.48. The summed E-state index contributed by atoms with van der Waals surface area (Å²) in [4.78, 5) is 23.4. The van der Waals surface area contributed by atoms with E-state index in [0.29, 0.717) is 11.7 Å². The Morgan fingerprint density at radius 1 is 1.19 bits per heavy atom. The molecule has 8 heteroatoms. The van der Waals surface area contributed by atoms with Crippen LogP contribution in [0.3, 0.4) is 0 Å². The molecule has 7 nitrogen and oxygen atoms in total. The van der Waals surface area contributed by atoms with E-state index < -0.39 is 11.3 Å². The Kier molecular flexibility index (Phi) is 6.64. The van der Waals surface area contributed by atoms with Gasteiger partial charge in [0.15, 0.2) is 11.0 Å². The van der Waals surface area contributed by atoms with Gasteiger partial charge in [0.25, 0.3) is 0 Å². The third-order valence-electron chi connectivity index (χ3n) is 4.16. The summed E-state index contributed by atoms with van der Waals surface area (Å²) >= 11 is 1.28. The molecule has 146 valence electrons. The van der Waals surface area contributed by atoms with Crippen LogP contribution in [0.5, 0.6) is 0 Å². The summed E-state index contributed by atoms with van der Waals surface area (Å²) in [6.45, 7) is 10.9. The highest BCUT2D eigenvalue weighted by atomic mass is 32.2. The number of carbonyl (C=O) groups is 2. The molecular formula is C19H27N5O2S. The Labute approximate surface area is 164 Å². The smallest absolute Gasteiger partial charge is 0.321 e. The van der Waals surface area contributed by atoms with E-state index in [2.05, 4.69) is 53.7 Å². The molecule has 2 aromatic rings. The first-order valence-corrected chi connectivity index (χ1v) is 9.78. The van der Waals surface area contributed by atoms with Crippen LogP contribution in [0.4, 0.5) is 4.79 Å². The second kappa shape index (κ2) is 8.56. The van der Waals surface area contributed by atoms with Crippen molar-refractivity contribution in [2.75, 3.05) is 7.05 Å². The molecule has 0 bridgehead atoms. The molecule has 1 aromatic carbocycles. The van der Waals surface area contributed by atoms with Crippen molar-refractivity contribution in [1.82, 2.24) is 25.4 Å². The Bertz CT molecular complexity index is 808. The predicted molar refractivity (Wildman–Crippen MR) is 108 cm³/mol. The Morgan fingerprint density at radius 2 is 1.81 bits per heavy atom. The normalized spacial score (nSPS) is 12.5. The van der Waals surface area contributed by atoms with Gasteiger partial charge in [-0.25, -0.2) is 4.79 Å². The van der Waals surface area contributed by atoms with Gasteiger partial charge in [0.1, 0.15) is 0 Å². The van der Waals surface area contributed by atoms with Crippen LogP contribution in [0, 0.1) is 0 Å². The van der Waals surface area contributed by atoms with Crippen LogP contribution in [-0.4, -0.2) is 39.0 Å². The number of benzene rings is 1. The molecule has 2 rings (SSSR count). The van der Waals surface area contributed by atoms with E-state index in [0.717, 1.165) is 11.4 Å². The SMILES string of the molecule is CCn1c(SC(C)C(=O)NC(=O)NC)nnc1-c1ccc(C(C)(C)C)cc1. The van der Waals surface area contributed by atoms with Crippen molar-refractivity contribution in [3.05, 3.63) is 29.8 Å². The summed E-state index contributed by atoms with van der Waals surface area (Å²) in [5.41, 5.74) is 2.32. The van der Waals surface area contributed by atoms with E-state index in [4.69, 9.17) is 0 Å². The minimum Gasteiger partial charge on any atom is -0.341 e. The van der Waals surface area contributed by atoms with Gasteiger partial charge in [-0.15, -0.1) is 10.2 Å². The molecule has 0 fully saturated rings. The molecule has 0 saturated carbocycles. The highest BCUT2D eigenvalue weighted by Crippen LogP contribution is 2.29. The molecule has 3 amide bonds. The van der Waals surface area contributed by atoms with Crippen LogP contribution in [0.15, 0.2) is 29.4 Å². The van der Waals surface area contributed by atoms with Gasteiger partial charge >= 0.3 is 6.03 Å². The van der Waals surface area contributed by atoms with Crippen molar-refractivity contribution >= 4 is 23.7 Å². The zero-order chi connectivity index (χ0) is 20.2. The summed E-state index contributed by atoms with van der Waals surface area (Å²) in [5, 5.41) is 13.4. The lowest BCUT2D eigenvalue weighted by Crippen LogP contribution is -2.41. The van der Waals surface area contributed by atoms with Crippen LogP contribution in [0.2, 0.25) is 0 Å². The first-order chi connectivity index (χ1) is 12.7. The molecule has 1 aromatic heterocycles. The number of hydrogen-bond acceptors (Lipinski definition) is 5. The predicted octanol–water partition coefficient (Wildman–Crippen LogP) is 3.20. The lowest BCUT2D eigenvalue weighted by Gasteiger charge is -2.19. The highest BCUT2D eigenvalue weighted by Gasteiger charge is 2.22. The van der Waals surface area contributed by atoms with Gasteiger partial charge in [-0.1, -0.05) is 56.8 Å². The fourth-order valence-corrected chi connectivity index (χ4v) is 3.39. The Balaban J connectivity index is 2.21. The van der Waals surface area contributed by atoms with Gasteiger partial charge in [0.2, 0.25) is 5.91 Å². The van der Waals surface area contributed by atoms with Crippen molar-refractivity contribution in [2.45, 2.75) is 57.0 Å². The number of nitrogens with one attached hydrogen (secondary N) is 2. The molecule has 27 heavy (non-hydrogen) atoms. The molecule has 0 saturated heterocycles. The first kappa shape index (κ1) is 21.0. The second-order valence-corrected chi connectivity index (χ2v) is 8.51. The molecule has 0 aliphatic carbocycles. The molecule has 1 atom stereocenters. The number of urea groups is 1. The van der Waals surface area contributed by atoms with Crippen LogP contribution >= 0.6 is 11.8 Å². The van der Waals surface area contributed by atoms with Crippen LogP contribution < -0.4 is 10.6 Å². The maximum absolute atomic E-state index is 12.1. The number of carbonyl (C=O) groups excluding carboxylic acids is 2. The van der Waals surface area contributed by atoms with Crippen LogP contribution in [-0.2, 0) is 16.8 Å². The zero-order valence-electron chi connectivity index (χ0n) is 16.7. The van der Waals surface area contributed by atoms with Crippen molar-refractivity contribution in [3.8, 4) is 11.4 Å². The second-order valence-electron chi connectivity index (χ2n) is 7.21. The van der Waals surface area contributed by atoms with E-state index in [1.54, 1.807) is 6.92 Å². The number of imide groups is 1. The Morgan fingerprint density at radius 3 is 2.33 bits per heavy atom. The summed E-state index contributed by atoms with van der Waals surface area (Å²) in [6.07, 6.45) is 0. The van der Waals surface area contributed by atoms with E-state index >= 15 is 0 Å². The number of thioether (sulfide) groups is 1. The number of amides is 3. The van der Waals surface area contributed by atoms with Crippen molar-refractivity contribution in [2.24, 2.45) is 0 Å². The molecule has 1 unspecified atom stereocenters. The van der Waals surface area contributed by atoms with Gasteiger partial charge in [-0.2, -0.15) is 0 Å². The number of nitrogens with zero attached hydrogens (tertiary/aromatic N) is 3. The summed E-state index contributed by atoms with van der Waals surface area (Å²) in [6, 6.07) is 7.79. The lowest BCUT2D eigenvalue weighted by molar-refractivity contribution is -0.119. The molecule has 1 heterocycles. The molecule has 0 aliphatic heterocycles. The van der Waals surface area contributed by atoms with Crippen LogP contribution in [0.1, 0.15) is 40.2 Å². The number of hydrogen-bond donors (Lipinski definition) is 2. The number of rotatable bonds is 5. The maximum atomic E-state index is 12.1. The van der Waals surface area contributed by atoms with E-state index in [1.807, 2.05) is 23.6 Å². The molecule has 0 spiro atoms. The maximum Gasteiger partial charge on any atom is 0.321 e. The summed E-state index contributed by atoms with van der Waals surface area (Å²) < 4.78 is 1.97. The topological polar surface area (TPSA) is 88.9 Å². The standard InChI is InChI=1S/C19H27N5O2S/c1-7-24-15(13-8-10-14(11-9-13)19(3,4)5)22-23-18(24)27-12(2)16(25)21-17(26)20-6/h8-12H,7H2,1-6H3,(H2,20,21,25,26).